The number of nitrogens with zero attached hydrogens (tertiary/aromatic N) is 1. The van der Waals surface area contributed by atoms with Crippen LogP contribution < -0.4 is 10.1 Å². The van der Waals surface area contributed by atoms with Crippen LogP contribution in [0.1, 0.15) is 23.5 Å². The second-order valence-electron chi connectivity index (χ2n) is 4.91. The first-order chi connectivity index (χ1) is 9.88. The van der Waals surface area contributed by atoms with E-state index < -0.39 is 0 Å². The van der Waals surface area contributed by atoms with E-state index in [0.29, 0.717) is 11.5 Å². The van der Waals surface area contributed by atoms with Gasteiger partial charge in [-0.3, -0.25) is 0 Å². The summed E-state index contributed by atoms with van der Waals surface area (Å²) in [4.78, 5) is 0. The Labute approximate surface area is 118 Å². The Hall–Kier alpha value is -2.47. The van der Waals surface area contributed by atoms with Gasteiger partial charge in [-0.05, 0) is 30.2 Å². The Morgan fingerprint density at radius 3 is 2.85 bits per heavy atom. The predicted molar refractivity (Wildman–Crippen MR) is 78.9 cm³/mol. The highest BCUT2D eigenvalue weighted by molar-refractivity contribution is 5.57. The number of rotatable bonds is 3. The van der Waals surface area contributed by atoms with Crippen molar-refractivity contribution in [1.29, 1.82) is 5.26 Å². The van der Waals surface area contributed by atoms with Gasteiger partial charge in [0.25, 0.3) is 0 Å². The van der Waals surface area contributed by atoms with E-state index in [1.54, 1.807) is 0 Å². The van der Waals surface area contributed by atoms with Crippen LogP contribution in [0.15, 0.2) is 48.5 Å². The largest absolute Gasteiger partial charge is 0.493 e. The summed E-state index contributed by atoms with van der Waals surface area (Å²) in [5, 5.41) is 12.5. The van der Waals surface area contributed by atoms with Crippen LogP contribution in [0.2, 0.25) is 0 Å². The Kier molecular flexibility index (Phi) is 3.56. The van der Waals surface area contributed by atoms with Crippen LogP contribution in [0, 0.1) is 11.3 Å². The van der Waals surface area contributed by atoms with E-state index in [-0.39, 0.29) is 0 Å². The minimum absolute atomic E-state index is 0.423. The summed E-state index contributed by atoms with van der Waals surface area (Å²) >= 11 is 0. The van der Waals surface area contributed by atoms with Crippen LogP contribution in [-0.4, -0.2) is 13.2 Å². The standard InChI is InChI=1S/C17H16N2O/c18-11-13-5-1-3-7-16(13)19-12-14-9-10-20-17-8-4-2-6-15(14)17/h1-8,14,19H,9-10,12H2. The molecular weight excluding hydrogens is 248 g/mol. The fourth-order valence-corrected chi connectivity index (χ4v) is 2.60. The van der Waals surface area contributed by atoms with Crippen LogP contribution in [0.5, 0.6) is 5.75 Å². The van der Waals surface area contributed by atoms with Crippen molar-refractivity contribution >= 4 is 5.69 Å². The topological polar surface area (TPSA) is 45.0 Å². The maximum absolute atomic E-state index is 9.10. The summed E-state index contributed by atoms with van der Waals surface area (Å²) in [5.74, 6) is 1.41. The molecule has 0 aromatic heterocycles. The molecule has 20 heavy (non-hydrogen) atoms. The van der Waals surface area contributed by atoms with Crippen molar-refractivity contribution in [1.82, 2.24) is 0 Å². The van der Waals surface area contributed by atoms with E-state index in [9.17, 15) is 0 Å². The first-order valence-corrected chi connectivity index (χ1v) is 6.83. The van der Waals surface area contributed by atoms with Crippen molar-refractivity contribution in [2.45, 2.75) is 12.3 Å². The molecule has 1 atom stereocenters. The number of hydrogen-bond acceptors (Lipinski definition) is 3. The van der Waals surface area contributed by atoms with Crippen LogP contribution in [0.3, 0.4) is 0 Å². The Balaban J connectivity index is 1.75. The molecule has 1 aliphatic rings. The van der Waals surface area contributed by atoms with Gasteiger partial charge in [0.2, 0.25) is 0 Å². The van der Waals surface area contributed by atoms with E-state index in [0.717, 1.165) is 31.0 Å². The average molecular weight is 264 g/mol. The van der Waals surface area contributed by atoms with Gasteiger partial charge in [0.05, 0.1) is 17.9 Å². The minimum atomic E-state index is 0.423. The van der Waals surface area contributed by atoms with Gasteiger partial charge in [0.1, 0.15) is 11.8 Å². The van der Waals surface area contributed by atoms with E-state index in [4.69, 9.17) is 10.00 Å². The average Bonchev–Trinajstić information content (AvgIpc) is 2.53. The van der Waals surface area contributed by atoms with Crippen molar-refractivity contribution in [3.05, 3.63) is 59.7 Å². The lowest BCUT2D eigenvalue weighted by atomic mass is 9.93. The highest BCUT2D eigenvalue weighted by Crippen LogP contribution is 2.33. The zero-order valence-corrected chi connectivity index (χ0v) is 11.2. The second kappa shape index (κ2) is 5.66. The zero-order valence-electron chi connectivity index (χ0n) is 11.2. The molecule has 100 valence electrons. The molecule has 1 heterocycles. The Morgan fingerprint density at radius 2 is 1.95 bits per heavy atom. The highest BCUT2D eigenvalue weighted by atomic mass is 16.5. The fourth-order valence-electron chi connectivity index (χ4n) is 2.60. The quantitative estimate of drug-likeness (QED) is 0.922. The van der Waals surface area contributed by atoms with Gasteiger partial charge in [-0.2, -0.15) is 5.26 Å². The summed E-state index contributed by atoms with van der Waals surface area (Å²) in [6.07, 6.45) is 0.999. The van der Waals surface area contributed by atoms with Gasteiger partial charge >= 0.3 is 0 Å². The molecule has 1 aliphatic heterocycles. The maximum Gasteiger partial charge on any atom is 0.122 e. The Morgan fingerprint density at radius 1 is 1.15 bits per heavy atom. The molecule has 2 aromatic rings. The minimum Gasteiger partial charge on any atom is -0.493 e. The van der Waals surface area contributed by atoms with Gasteiger partial charge in [0.15, 0.2) is 0 Å². The molecule has 3 rings (SSSR count). The summed E-state index contributed by atoms with van der Waals surface area (Å²) in [6, 6.07) is 18.0. The third-order valence-electron chi connectivity index (χ3n) is 3.67. The number of nitrogens with one attached hydrogen (secondary N) is 1. The number of hydrogen-bond donors (Lipinski definition) is 1. The first-order valence-electron chi connectivity index (χ1n) is 6.83. The van der Waals surface area contributed by atoms with Gasteiger partial charge < -0.3 is 10.1 Å². The van der Waals surface area contributed by atoms with Crippen molar-refractivity contribution < 1.29 is 4.74 Å². The zero-order chi connectivity index (χ0) is 13.8. The normalized spacial score (nSPS) is 16.6. The van der Waals surface area contributed by atoms with Gasteiger partial charge in [-0.1, -0.05) is 30.3 Å². The van der Waals surface area contributed by atoms with Crippen LogP contribution in [-0.2, 0) is 0 Å². The molecule has 0 aliphatic carbocycles. The molecule has 0 saturated heterocycles. The van der Waals surface area contributed by atoms with E-state index in [1.807, 2.05) is 42.5 Å². The second-order valence-corrected chi connectivity index (χ2v) is 4.91. The predicted octanol–water partition coefficient (Wildman–Crippen LogP) is 3.54. The van der Waals surface area contributed by atoms with E-state index in [2.05, 4.69) is 17.5 Å². The molecule has 3 nitrogen and oxygen atoms in total. The van der Waals surface area contributed by atoms with Crippen LogP contribution in [0.4, 0.5) is 5.69 Å². The van der Waals surface area contributed by atoms with E-state index >= 15 is 0 Å². The number of para-hydroxylation sites is 2. The number of nitriles is 1. The summed E-state index contributed by atoms with van der Waals surface area (Å²) in [5.41, 5.74) is 2.84. The number of anilines is 1. The van der Waals surface area contributed by atoms with Gasteiger partial charge in [-0.25, -0.2) is 0 Å². The fraction of sp³-hybridized carbons (Fsp3) is 0.235. The summed E-state index contributed by atoms with van der Waals surface area (Å²) in [7, 11) is 0. The molecule has 3 heteroatoms. The van der Waals surface area contributed by atoms with Crippen molar-refractivity contribution in [2.24, 2.45) is 0 Å². The molecule has 0 fully saturated rings. The van der Waals surface area contributed by atoms with Gasteiger partial charge in [-0.15, -0.1) is 0 Å². The number of fused-ring (bicyclic) bond motifs is 1. The molecule has 0 saturated carbocycles. The smallest absolute Gasteiger partial charge is 0.122 e. The lowest BCUT2D eigenvalue weighted by Crippen LogP contribution is -2.20. The van der Waals surface area contributed by atoms with Crippen molar-refractivity contribution in [3.63, 3.8) is 0 Å². The van der Waals surface area contributed by atoms with Crippen LogP contribution in [0.25, 0.3) is 0 Å². The first kappa shape index (κ1) is 12.6. The number of benzene rings is 2. The number of ether oxygens (including phenoxy) is 1. The van der Waals surface area contributed by atoms with Crippen molar-refractivity contribution in [3.8, 4) is 11.8 Å². The molecule has 0 bridgehead atoms. The molecular formula is C17H16N2O. The van der Waals surface area contributed by atoms with Crippen molar-refractivity contribution in [2.75, 3.05) is 18.5 Å². The monoisotopic (exact) mass is 264 g/mol. The molecule has 0 spiro atoms. The lowest BCUT2D eigenvalue weighted by molar-refractivity contribution is 0.270. The summed E-state index contributed by atoms with van der Waals surface area (Å²) < 4.78 is 5.67. The Bertz CT molecular complexity index is 645. The van der Waals surface area contributed by atoms with E-state index in [1.165, 1.54) is 5.56 Å². The molecule has 0 radical (unpaired) electrons. The van der Waals surface area contributed by atoms with Crippen LogP contribution >= 0.6 is 0 Å². The maximum atomic E-state index is 9.10. The molecule has 2 aromatic carbocycles. The lowest BCUT2D eigenvalue weighted by Gasteiger charge is -2.26. The molecule has 1 unspecified atom stereocenters. The molecule has 1 N–H and O–H groups in total. The SMILES string of the molecule is N#Cc1ccccc1NCC1CCOc2ccccc21. The third-order valence-corrected chi connectivity index (χ3v) is 3.67. The third kappa shape index (κ3) is 2.46. The summed E-state index contributed by atoms with van der Waals surface area (Å²) in [6.45, 7) is 1.57. The van der Waals surface area contributed by atoms with Gasteiger partial charge in [0, 0.05) is 12.5 Å². The highest BCUT2D eigenvalue weighted by Gasteiger charge is 2.20. The molecule has 0 amide bonds.